The molecule has 0 unspecified atom stereocenters. The standard InChI is InChI=1S/C5H5N2OS/c8-3-1-6-5-7-2-4-9-5/h1-4H,(H,6,7). The van der Waals surface area contributed by atoms with E-state index in [2.05, 4.69) is 10.3 Å². The predicted octanol–water partition coefficient (Wildman–Crippen LogP) is 0.916. The Morgan fingerprint density at radius 3 is 3.22 bits per heavy atom. The molecule has 1 aromatic rings. The van der Waals surface area contributed by atoms with Gasteiger partial charge in [-0.05, 0) is 0 Å². The number of anilines is 1. The van der Waals surface area contributed by atoms with Crippen LogP contribution in [0.2, 0.25) is 0 Å². The summed E-state index contributed by atoms with van der Waals surface area (Å²) in [5, 5.41) is 5.26. The van der Waals surface area contributed by atoms with Crippen LogP contribution in [0.5, 0.6) is 0 Å². The molecule has 0 bridgehead atoms. The molecule has 1 rings (SSSR count). The van der Waals surface area contributed by atoms with Crippen molar-refractivity contribution < 1.29 is 4.79 Å². The summed E-state index contributed by atoms with van der Waals surface area (Å²) in [5.41, 5.74) is 0. The molecule has 1 radical (unpaired) electrons. The molecule has 0 fully saturated rings. The number of hydrogen-bond donors (Lipinski definition) is 1. The molecule has 0 aromatic carbocycles. The highest BCUT2D eigenvalue weighted by Gasteiger charge is 1.89. The van der Waals surface area contributed by atoms with Gasteiger partial charge in [-0.25, -0.2) is 4.98 Å². The monoisotopic (exact) mass is 141 g/mol. The Bertz CT molecular complexity index is 173. The number of aldehydes is 1. The average Bonchev–Trinajstić information content (AvgIpc) is 2.34. The molecule has 9 heavy (non-hydrogen) atoms. The number of carbonyl (C=O) groups is 1. The minimum absolute atomic E-state index is 0.682. The van der Waals surface area contributed by atoms with E-state index in [9.17, 15) is 4.79 Å². The summed E-state index contributed by atoms with van der Waals surface area (Å²) in [6, 6.07) is 0. The van der Waals surface area contributed by atoms with Crippen LogP contribution in [0.4, 0.5) is 5.13 Å². The Kier molecular flexibility index (Phi) is 2.21. The first-order valence-corrected chi connectivity index (χ1v) is 3.24. The van der Waals surface area contributed by atoms with Gasteiger partial charge in [-0.3, -0.25) is 0 Å². The molecule has 0 saturated carbocycles. The van der Waals surface area contributed by atoms with Crippen LogP contribution >= 0.6 is 11.3 Å². The van der Waals surface area contributed by atoms with Crippen LogP contribution in [0, 0.1) is 6.54 Å². The average molecular weight is 141 g/mol. The molecule has 1 N–H and O–H groups in total. The van der Waals surface area contributed by atoms with Gasteiger partial charge < -0.3 is 10.1 Å². The highest BCUT2D eigenvalue weighted by molar-refractivity contribution is 7.13. The SMILES string of the molecule is O=C[CH]Nc1nccs1. The number of nitrogens with one attached hydrogen (secondary N) is 1. The molecule has 0 saturated heterocycles. The Balaban J connectivity index is 2.38. The second-order valence-electron chi connectivity index (χ2n) is 1.28. The molecule has 0 aliphatic rings. The van der Waals surface area contributed by atoms with Gasteiger partial charge in [0, 0.05) is 11.6 Å². The summed E-state index contributed by atoms with van der Waals surface area (Å²) in [7, 11) is 0. The number of hydrogen-bond acceptors (Lipinski definition) is 4. The number of thiazole rings is 1. The fourth-order valence-electron chi connectivity index (χ4n) is 0.400. The lowest BCUT2D eigenvalue weighted by Gasteiger charge is -1.90. The molecule has 3 nitrogen and oxygen atoms in total. The Labute approximate surface area is 56.7 Å². The van der Waals surface area contributed by atoms with Gasteiger partial charge in [0.15, 0.2) is 5.13 Å². The molecule has 47 valence electrons. The summed E-state index contributed by atoms with van der Waals surface area (Å²) >= 11 is 1.45. The summed E-state index contributed by atoms with van der Waals surface area (Å²) in [6.07, 6.45) is 2.35. The van der Waals surface area contributed by atoms with E-state index in [0.29, 0.717) is 6.29 Å². The van der Waals surface area contributed by atoms with Crippen molar-refractivity contribution >= 4 is 22.8 Å². The molecule has 0 amide bonds. The lowest BCUT2D eigenvalue weighted by molar-refractivity contribution is -0.105. The fourth-order valence-corrected chi connectivity index (χ4v) is 0.908. The predicted molar refractivity (Wildman–Crippen MR) is 36.1 cm³/mol. The quantitative estimate of drug-likeness (QED) is 0.636. The van der Waals surface area contributed by atoms with Crippen molar-refractivity contribution in [3.05, 3.63) is 18.1 Å². The first-order valence-electron chi connectivity index (χ1n) is 2.36. The molecule has 1 aromatic heterocycles. The molecule has 0 spiro atoms. The Hall–Kier alpha value is -0.900. The Morgan fingerprint density at radius 1 is 1.78 bits per heavy atom. The van der Waals surface area contributed by atoms with Gasteiger partial charge in [0.25, 0.3) is 0 Å². The molecule has 0 aliphatic carbocycles. The van der Waals surface area contributed by atoms with Crippen molar-refractivity contribution in [2.24, 2.45) is 0 Å². The van der Waals surface area contributed by atoms with E-state index in [4.69, 9.17) is 0 Å². The summed E-state index contributed by atoms with van der Waals surface area (Å²) in [6.45, 7) is 1.30. The molecular weight excluding hydrogens is 136 g/mol. The molecular formula is C5H5N2OS. The van der Waals surface area contributed by atoms with Crippen molar-refractivity contribution in [2.75, 3.05) is 5.32 Å². The molecule has 0 aliphatic heterocycles. The van der Waals surface area contributed by atoms with Crippen LogP contribution < -0.4 is 5.32 Å². The second kappa shape index (κ2) is 3.19. The van der Waals surface area contributed by atoms with Crippen LogP contribution in [0.3, 0.4) is 0 Å². The van der Waals surface area contributed by atoms with Crippen molar-refractivity contribution in [2.45, 2.75) is 0 Å². The van der Waals surface area contributed by atoms with E-state index in [1.807, 2.05) is 5.38 Å². The number of nitrogens with zero attached hydrogens (tertiary/aromatic N) is 1. The van der Waals surface area contributed by atoms with E-state index >= 15 is 0 Å². The summed E-state index contributed by atoms with van der Waals surface area (Å²) in [5.74, 6) is 0. The van der Waals surface area contributed by atoms with Gasteiger partial charge >= 0.3 is 0 Å². The van der Waals surface area contributed by atoms with Gasteiger partial charge in [0.05, 0.1) is 0 Å². The van der Waals surface area contributed by atoms with Gasteiger partial charge in [0.2, 0.25) is 0 Å². The van der Waals surface area contributed by atoms with Gasteiger partial charge in [-0.15, -0.1) is 11.3 Å². The normalized spacial score (nSPS) is 8.89. The number of rotatable bonds is 3. The van der Waals surface area contributed by atoms with E-state index < -0.39 is 0 Å². The maximum absolute atomic E-state index is 9.76. The first kappa shape index (κ1) is 6.22. The minimum Gasteiger partial charge on any atom is -0.349 e. The number of aromatic nitrogens is 1. The zero-order valence-corrected chi connectivity index (χ0v) is 5.39. The third-order valence-corrected chi connectivity index (χ3v) is 1.41. The van der Waals surface area contributed by atoms with Gasteiger partial charge in [0.1, 0.15) is 12.8 Å². The highest BCUT2D eigenvalue weighted by atomic mass is 32.1. The van der Waals surface area contributed by atoms with E-state index in [0.717, 1.165) is 5.13 Å². The van der Waals surface area contributed by atoms with Crippen LogP contribution in [-0.4, -0.2) is 11.3 Å². The van der Waals surface area contributed by atoms with Gasteiger partial charge in [-0.2, -0.15) is 0 Å². The smallest absolute Gasteiger partial charge is 0.183 e. The highest BCUT2D eigenvalue weighted by Crippen LogP contribution is 2.09. The van der Waals surface area contributed by atoms with Crippen LogP contribution in [0.25, 0.3) is 0 Å². The van der Waals surface area contributed by atoms with Crippen molar-refractivity contribution in [1.29, 1.82) is 0 Å². The summed E-state index contributed by atoms with van der Waals surface area (Å²) in [4.78, 5) is 13.6. The third kappa shape index (κ3) is 1.81. The van der Waals surface area contributed by atoms with Crippen molar-refractivity contribution in [1.82, 2.24) is 4.98 Å². The topological polar surface area (TPSA) is 42.0 Å². The molecule has 1 heterocycles. The molecule has 0 atom stereocenters. The summed E-state index contributed by atoms with van der Waals surface area (Å²) < 4.78 is 0. The lowest BCUT2D eigenvalue weighted by atomic mass is 10.7. The Morgan fingerprint density at radius 2 is 2.67 bits per heavy atom. The largest absolute Gasteiger partial charge is 0.349 e. The second-order valence-corrected chi connectivity index (χ2v) is 2.18. The van der Waals surface area contributed by atoms with E-state index in [-0.39, 0.29) is 0 Å². The lowest BCUT2D eigenvalue weighted by Crippen LogP contribution is -1.93. The maximum Gasteiger partial charge on any atom is 0.183 e. The fraction of sp³-hybridized carbons (Fsp3) is 0. The number of carbonyl (C=O) groups excluding carboxylic acids is 1. The van der Waals surface area contributed by atoms with Crippen LogP contribution in [0.1, 0.15) is 0 Å². The van der Waals surface area contributed by atoms with Crippen molar-refractivity contribution in [3.63, 3.8) is 0 Å². The van der Waals surface area contributed by atoms with E-state index in [1.54, 1.807) is 6.20 Å². The zero-order valence-electron chi connectivity index (χ0n) is 4.57. The van der Waals surface area contributed by atoms with Gasteiger partial charge in [-0.1, -0.05) is 0 Å². The third-order valence-electron chi connectivity index (χ3n) is 0.707. The minimum atomic E-state index is 0.682. The van der Waals surface area contributed by atoms with Crippen LogP contribution in [-0.2, 0) is 4.79 Å². The van der Waals surface area contributed by atoms with Crippen LogP contribution in [0.15, 0.2) is 11.6 Å². The van der Waals surface area contributed by atoms with E-state index in [1.165, 1.54) is 17.9 Å². The first-order chi connectivity index (χ1) is 4.43. The zero-order chi connectivity index (χ0) is 6.53. The van der Waals surface area contributed by atoms with Crippen molar-refractivity contribution in [3.8, 4) is 0 Å². The maximum atomic E-state index is 9.76. The molecule has 4 heteroatoms.